The summed E-state index contributed by atoms with van der Waals surface area (Å²) in [5.41, 5.74) is 2.77. The van der Waals surface area contributed by atoms with E-state index in [9.17, 15) is 4.79 Å². The Bertz CT molecular complexity index is 692. The Kier molecular flexibility index (Phi) is 3.86. The first-order chi connectivity index (χ1) is 11.3. The quantitative estimate of drug-likeness (QED) is 0.925. The number of hydrogen-bond donors (Lipinski definition) is 1. The van der Waals surface area contributed by atoms with Crippen molar-refractivity contribution in [3.63, 3.8) is 0 Å². The van der Waals surface area contributed by atoms with Gasteiger partial charge in [-0.15, -0.1) is 0 Å². The van der Waals surface area contributed by atoms with Crippen molar-refractivity contribution in [2.24, 2.45) is 11.8 Å². The Morgan fingerprint density at radius 2 is 1.78 bits per heavy atom. The molecule has 2 atom stereocenters. The van der Waals surface area contributed by atoms with Crippen molar-refractivity contribution >= 4 is 5.91 Å². The Morgan fingerprint density at radius 1 is 1.04 bits per heavy atom. The second kappa shape index (κ2) is 6.15. The lowest BCUT2D eigenvalue weighted by Crippen LogP contribution is -2.28. The van der Waals surface area contributed by atoms with Gasteiger partial charge in [-0.25, -0.2) is 0 Å². The van der Waals surface area contributed by atoms with Crippen LogP contribution in [-0.4, -0.2) is 16.9 Å². The molecular formula is C20H22N2O. The second-order valence-electron chi connectivity index (χ2n) is 6.81. The molecule has 1 aromatic carbocycles. The van der Waals surface area contributed by atoms with Crippen LogP contribution < -0.4 is 5.32 Å². The van der Waals surface area contributed by atoms with E-state index in [1.807, 2.05) is 36.4 Å². The Morgan fingerprint density at radius 3 is 2.57 bits per heavy atom. The van der Waals surface area contributed by atoms with Gasteiger partial charge in [-0.1, -0.05) is 43.9 Å². The third kappa shape index (κ3) is 3.00. The van der Waals surface area contributed by atoms with Gasteiger partial charge < -0.3 is 5.32 Å². The predicted molar refractivity (Wildman–Crippen MR) is 91.0 cm³/mol. The van der Waals surface area contributed by atoms with E-state index in [4.69, 9.17) is 0 Å². The summed E-state index contributed by atoms with van der Waals surface area (Å²) >= 11 is 0. The Hall–Kier alpha value is -2.16. The van der Waals surface area contributed by atoms with Gasteiger partial charge in [0, 0.05) is 24.0 Å². The minimum Gasteiger partial charge on any atom is -0.349 e. The molecular weight excluding hydrogens is 284 g/mol. The molecule has 3 heteroatoms. The summed E-state index contributed by atoms with van der Waals surface area (Å²) in [6.45, 7) is 0. The average Bonchev–Trinajstić information content (AvgIpc) is 3.15. The first-order valence-electron chi connectivity index (χ1n) is 8.63. The highest BCUT2D eigenvalue weighted by Gasteiger charge is 2.44. The third-order valence-electron chi connectivity index (χ3n) is 5.32. The van der Waals surface area contributed by atoms with Crippen LogP contribution in [0.5, 0.6) is 0 Å². The molecule has 0 aliphatic heterocycles. The average molecular weight is 306 g/mol. The van der Waals surface area contributed by atoms with Gasteiger partial charge in [-0.05, 0) is 47.6 Å². The molecule has 2 aliphatic carbocycles. The summed E-state index contributed by atoms with van der Waals surface area (Å²) in [5.74, 6) is 1.62. The molecule has 1 amide bonds. The van der Waals surface area contributed by atoms with Crippen LogP contribution in [0.4, 0.5) is 0 Å². The smallest absolute Gasteiger partial charge is 0.252 e. The number of amides is 1. The number of benzene rings is 1. The topological polar surface area (TPSA) is 42.0 Å². The number of aromatic nitrogens is 1. The van der Waals surface area contributed by atoms with E-state index in [2.05, 4.69) is 10.3 Å². The summed E-state index contributed by atoms with van der Waals surface area (Å²) in [6.07, 6.45) is 10.1. The van der Waals surface area contributed by atoms with Crippen LogP contribution in [0.2, 0.25) is 0 Å². The van der Waals surface area contributed by atoms with Crippen LogP contribution in [0, 0.1) is 11.8 Å². The maximum absolute atomic E-state index is 12.7. The minimum absolute atomic E-state index is 0.0582. The van der Waals surface area contributed by atoms with Crippen molar-refractivity contribution in [2.75, 3.05) is 0 Å². The van der Waals surface area contributed by atoms with Crippen LogP contribution in [0.1, 0.15) is 42.5 Å². The van der Waals surface area contributed by atoms with E-state index < -0.39 is 0 Å². The van der Waals surface area contributed by atoms with E-state index in [-0.39, 0.29) is 5.91 Å². The zero-order valence-corrected chi connectivity index (χ0v) is 13.2. The van der Waals surface area contributed by atoms with Gasteiger partial charge >= 0.3 is 0 Å². The molecule has 1 aromatic heterocycles. The van der Waals surface area contributed by atoms with Crippen molar-refractivity contribution in [3.8, 4) is 11.1 Å². The van der Waals surface area contributed by atoms with Crippen molar-refractivity contribution in [1.82, 2.24) is 10.3 Å². The largest absolute Gasteiger partial charge is 0.349 e. The Balaban J connectivity index is 1.49. The van der Waals surface area contributed by atoms with Gasteiger partial charge in [0.05, 0.1) is 0 Å². The zero-order chi connectivity index (χ0) is 15.6. The van der Waals surface area contributed by atoms with E-state index in [1.54, 1.807) is 12.4 Å². The summed E-state index contributed by atoms with van der Waals surface area (Å²) < 4.78 is 0. The van der Waals surface area contributed by atoms with Gasteiger partial charge in [-0.3, -0.25) is 9.78 Å². The van der Waals surface area contributed by atoms with E-state index in [1.165, 1.54) is 25.7 Å². The van der Waals surface area contributed by atoms with E-state index in [0.29, 0.717) is 6.04 Å². The number of rotatable bonds is 4. The van der Waals surface area contributed by atoms with Gasteiger partial charge in [0.15, 0.2) is 0 Å². The van der Waals surface area contributed by atoms with Crippen molar-refractivity contribution in [1.29, 1.82) is 0 Å². The fourth-order valence-corrected chi connectivity index (χ4v) is 4.00. The molecule has 2 fully saturated rings. The number of carbonyl (C=O) groups is 1. The molecule has 23 heavy (non-hydrogen) atoms. The SMILES string of the molecule is O=C(NC1CC1C1CCCC1)c1ccccc1-c1ccncc1. The maximum Gasteiger partial charge on any atom is 0.252 e. The van der Waals surface area contributed by atoms with Crippen molar-refractivity contribution < 1.29 is 4.79 Å². The predicted octanol–water partition coefficient (Wildman–Crippen LogP) is 4.06. The second-order valence-corrected chi connectivity index (χ2v) is 6.81. The number of carbonyl (C=O) groups excluding carboxylic acids is 1. The fourth-order valence-electron chi connectivity index (χ4n) is 4.00. The Labute approximate surface area is 137 Å². The highest BCUT2D eigenvalue weighted by molar-refractivity contribution is 6.01. The minimum atomic E-state index is 0.0582. The molecule has 2 aromatic rings. The van der Waals surface area contributed by atoms with Crippen LogP contribution in [-0.2, 0) is 0 Å². The monoisotopic (exact) mass is 306 g/mol. The van der Waals surface area contributed by atoms with Gasteiger partial charge in [0.1, 0.15) is 0 Å². The number of nitrogens with one attached hydrogen (secondary N) is 1. The number of nitrogens with zero attached hydrogens (tertiary/aromatic N) is 1. The molecule has 4 rings (SSSR count). The zero-order valence-electron chi connectivity index (χ0n) is 13.2. The van der Waals surface area contributed by atoms with Crippen molar-refractivity contribution in [3.05, 3.63) is 54.4 Å². The van der Waals surface area contributed by atoms with E-state index >= 15 is 0 Å². The molecule has 2 saturated carbocycles. The lowest BCUT2D eigenvalue weighted by atomic mass is 9.99. The van der Waals surface area contributed by atoms with Gasteiger partial charge in [0.25, 0.3) is 5.91 Å². The molecule has 0 saturated heterocycles. The lowest BCUT2D eigenvalue weighted by molar-refractivity contribution is 0.0948. The summed E-state index contributed by atoms with van der Waals surface area (Å²) in [6, 6.07) is 12.1. The number of pyridine rings is 1. The molecule has 0 spiro atoms. The van der Waals surface area contributed by atoms with Gasteiger partial charge in [-0.2, -0.15) is 0 Å². The first-order valence-corrected chi connectivity index (χ1v) is 8.63. The van der Waals surface area contributed by atoms with Crippen LogP contribution in [0.25, 0.3) is 11.1 Å². The normalized spacial score (nSPS) is 23.7. The molecule has 1 N–H and O–H groups in total. The van der Waals surface area contributed by atoms with Crippen LogP contribution in [0.15, 0.2) is 48.8 Å². The van der Waals surface area contributed by atoms with Crippen LogP contribution in [0.3, 0.4) is 0 Å². The molecule has 118 valence electrons. The standard InChI is InChI=1S/C20H22N2O/c23-20(22-19-13-18(19)14-5-1-2-6-14)17-8-4-3-7-16(17)15-9-11-21-12-10-15/h3-4,7-12,14,18-19H,1-2,5-6,13H2,(H,22,23). The van der Waals surface area contributed by atoms with Crippen molar-refractivity contribution in [2.45, 2.75) is 38.1 Å². The first kappa shape index (κ1) is 14.4. The molecule has 0 radical (unpaired) electrons. The molecule has 2 unspecified atom stereocenters. The maximum atomic E-state index is 12.7. The number of hydrogen-bond acceptors (Lipinski definition) is 2. The van der Waals surface area contributed by atoms with Gasteiger partial charge in [0.2, 0.25) is 0 Å². The fraction of sp³-hybridized carbons (Fsp3) is 0.400. The molecule has 3 nitrogen and oxygen atoms in total. The summed E-state index contributed by atoms with van der Waals surface area (Å²) in [7, 11) is 0. The summed E-state index contributed by atoms with van der Waals surface area (Å²) in [5, 5.41) is 3.25. The van der Waals surface area contributed by atoms with Crippen LogP contribution >= 0.6 is 0 Å². The highest BCUT2D eigenvalue weighted by atomic mass is 16.1. The van der Waals surface area contributed by atoms with E-state index in [0.717, 1.165) is 34.9 Å². The molecule has 2 aliphatic rings. The molecule has 1 heterocycles. The lowest BCUT2D eigenvalue weighted by Gasteiger charge is -2.12. The molecule has 0 bridgehead atoms. The highest BCUT2D eigenvalue weighted by Crippen LogP contribution is 2.45. The third-order valence-corrected chi connectivity index (χ3v) is 5.32. The summed E-state index contributed by atoms with van der Waals surface area (Å²) in [4.78, 5) is 16.8.